The maximum atomic E-state index is 12.0. The molecule has 1 N–H and O–H groups in total. The number of ether oxygens (including phenoxy) is 2. The van der Waals surface area contributed by atoms with Gasteiger partial charge in [0.2, 0.25) is 5.91 Å². The van der Waals surface area contributed by atoms with Crippen LogP contribution in [0.3, 0.4) is 0 Å². The molecule has 102 valence electrons. The molecule has 0 spiro atoms. The van der Waals surface area contributed by atoms with Gasteiger partial charge in [0.25, 0.3) is 0 Å². The van der Waals surface area contributed by atoms with Gasteiger partial charge in [-0.2, -0.15) is 5.26 Å². The average molecular weight is 283 g/mol. The van der Waals surface area contributed by atoms with E-state index in [9.17, 15) is 4.79 Å². The summed E-state index contributed by atoms with van der Waals surface area (Å²) >= 11 is 5.96. The lowest BCUT2D eigenvalue weighted by Gasteiger charge is -2.17. The first kappa shape index (κ1) is 15.1. The molecule has 0 aliphatic heterocycles. The zero-order valence-electron chi connectivity index (χ0n) is 11.2. The largest absolute Gasteiger partial charge is 0.495 e. The quantitative estimate of drug-likeness (QED) is 0.922. The molecule has 0 aromatic heterocycles. The van der Waals surface area contributed by atoms with Crippen LogP contribution in [-0.4, -0.2) is 20.1 Å². The van der Waals surface area contributed by atoms with Crippen LogP contribution in [-0.2, 0) is 4.79 Å². The molecule has 1 aromatic carbocycles. The number of hydrogen-bond donors (Lipinski definition) is 1. The van der Waals surface area contributed by atoms with Gasteiger partial charge in [0.1, 0.15) is 16.9 Å². The molecule has 1 rings (SSSR count). The topological polar surface area (TPSA) is 71.3 Å². The molecule has 0 saturated heterocycles. The van der Waals surface area contributed by atoms with Gasteiger partial charge in [-0.25, -0.2) is 0 Å². The molecule has 0 radical (unpaired) electrons. The van der Waals surface area contributed by atoms with Gasteiger partial charge in [-0.05, 0) is 13.8 Å². The Morgan fingerprint density at radius 1 is 1.32 bits per heavy atom. The van der Waals surface area contributed by atoms with Crippen molar-refractivity contribution in [1.82, 2.24) is 0 Å². The predicted molar refractivity (Wildman–Crippen MR) is 72.6 cm³/mol. The second-order valence-corrected chi connectivity index (χ2v) is 4.79. The lowest BCUT2D eigenvalue weighted by Crippen LogP contribution is -2.29. The molecular formula is C13H15ClN2O3. The van der Waals surface area contributed by atoms with Crippen LogP contribution in [0.1, 0.15) is 13.8 Å². The molecule has 0 heterocycles. The highest BCUT2D eigenvalue weighted by molar-refractivity contribution is 6.32. The molecule has 0 atom stereocenters. The number of benzene rings is 1. The number of carbonyl (C=O) groups excluding carboxylic acids is 1. The highest BCUT2D eigenvalue weighted by Crippen LogP contribution is 2.36. The number of halogens is 1. The summed E-state index contributed by atoms with van der Waals surface area (Å²) in [4.78, 5) is 12.0. The number of anilines is 1. The molecule has 0 bridgehead atoms. The van der Waals surface area contributed by atoms with Crippen LogP contribution in [0.4, 0.5) is 5.69 Å². The fourth-order valence-corrected chi connectivity index (χ4v) is 1.52. The number of carbonyl (C=O) groups is 1. The molecule has 5 nitrogen and oxygen atoms in total. The first-order valence-electron chi connectivity index (χ1n) is 5.50. The van der Waals surface area contributed by atoms with Crippen LogP contribution in [0, 0.1) is 16.7 Å². The third-order valence-electron chi connectivity index (χ3n) is 2.57. The minimum atomic E-state index is -1.14. The van der Waals surface area contributed by atoms with Crippen molar-refractivity contribution in [2.45, 2.75) is 13.8 Å². The predicted octanol–water partition coefficient (Wildman–Crippen LogP) is 2.85. The first-order valence-corrected chi connectivity index (χ1v) is 5.87. The minimum absolute atomic E-state index is 0.372. The Balaban J connectivity index is 3.14. The summed E-state index contributed by atoms with van der Waals surface area (Å²) < 4.78 is 10.2. The molecule has 0 fully saturated rings. The number of nitrogens with one attached hydrogen (secondary N) is 1. The number of amides is 1. The zero-order valence-corrected chi connectivity index (χ0v) is 12.0. The average Bonchev–Trinajstić information content (AvgIpc) is 2.39. The van der Waals surface area contributed by atoms with E-state index in [1.54, 1.807) is 6.07 Å². The molecule has 0 saturated carbocycles. The van der Waals surface area contributed by atoms with E-state index in [2.05, 4.69) is 5.32 Å². The van der Waals surface area contributed by atoms with E-state index < -0.39 is 11.3 Å². The number of hydrogen-bond acceptors (Lipinski definition) is 4. The summed E-state index contributed by atoms with van der Waals surface area (Å²) in [6.07, 6.45) is 0. The van der Waals surface area contributed by atoms with Gasteiger partial charge in [0.15, 0.2) is 0 Å². The first-order chi connectivity index (χ1) is 8.85. The Labute approximate surface area is 117 Å². The highest BCUT2D eigenvalue weighted by Gasteiger charge is 2.28. The van der Waals surface area contributed by atoms with Crippen molar-refractivity contribution in [3.8, 4) is 17.6 Å². The molecule has 19 heavy (non-hydrogen) atoms. The van der Waals surface area contributed by atoms with E-state index in [0.29, 0.717) is 22.2 Å². The van der Waals surface area contributed by atoms with Gasteiger partial charge in [-0.1, -0.05) is 11.6 Å². The molecular weight excluding hydrogens is 268 g/mol. The summed E-state index contributed by atoms with van der Waals surface area (Å²) in [6, 6.07) is 5.01. The smallest absolute Gasteiger partial charge is 0.244 e. The van der Waals surface area contributed by atoms with E-state index in [1.807, 2.05) is 6.07 Å². The summed E-state index contributed by atoms with van der Waals surface area (Å²) in [5, 5.41) is 11.9. The van der Waals surface area contributed by atoms with Crippen LogP contribution >= 0.6 is 11.6 Å². The van der Waals surface area contributed by atoms with Crippen molar-refractivity contribution in [3.05, 3.63) is 17.2 Å². The maximum Gasteiger partial charge on any atom is 0.244 e. The third kappa shape index (κ3) is 3.30. The van der Waals surface area contributed by atoms with Gasteiger partial charge < -0.3 is 14.8 Å². The zero-order chi connectivity index (χ0) is 14.6. The second kappa shape index (κ2) is 5.81. The summed E-state index contributed by atoms with van der Waals surface area (Å²) in [5.74, 6) is 0.373. The Morgan fingerprint density at radius 3 is 2.37 bits per heavy atom. The molecule has 0 unspecified atom stereocenters. The number of rotatable bonds is 4. The molecule has 0 aliphatic rings. The standard InChI is InChI=1S/C13H15ClN2O3/c1-13(2,7-15)12(17)16-9-6-10(18-3)8(14)5-11(9)19-4/h5-6H,1-4H3,(H,16,17). The van der Waals surface area contributed by atoms with Crippen LogP contribution in [0.5, 0.6) is 11.5 Å². The fourth-order valence-electron chi connectivity index (χ4n) is 1.29. The van der Waals surface area contributed by atoms with Gasteiger partial charge in [0, 0.05) is 12.1 Å². The lowest BCUT2D eigenvalue weighted by molar-refractivity contribution is -0.121. The van der Waals surface area contributed by atoms with Crippen LogP contribution in [0.2, 0.25) is 5.02 Å². The highest BCUT2D eigenvalue weighted by atomic mass is 35.5. The normalized spacial score (nSPS) is 10.5. The monoisotopic (exact) mass is 282 g/mol. The van der Waals surface area contributed by atoms with E-state index in [-0.39, 0.29) is 0 Å². The maximum absolute atomic E-state index is 12.0. The second-order valence-electron chi connectivity index (χ2n) is 4.38. The summed E-state index contributed by atoms with van der Waals surface area (Å²) in [6.45, 7) is 3.06. The molecule has 1 aromatic rings. The minimum Gasteiger partial charge on any atom is -0.495 e. The van der Waals surface area contributed by atoms with E-state index in [0.717, 1.165) is 0 Å². The molecule has 0 aliphatic carbocycles. The Kier molecular flexibility index (Phi) is 4.62. The van der Waals surface area contributed by atoms with E-state index in [1.165, 1.54) is 34.1 Å². The number of nitrogens with zero attached hydrogens (tertiary/aromatic N) is 1. The third-order valence-corrected chi connectivity index (χ3v) is 2.86. The van der Waals surface area contributed by atoms with Crippen molar-refractivity contribution in [1.29, 1.82) is 5.26 Å². The van der Waals surface area contributed by atoms with Crippen molar-refractivity contribution in [3.63, 3.8) is 0 Å². The van der Waals surface area contributed by atoms with Crippen molar-refractivity contribution in [2.75, 3.05) is 19.5 Å². The Morgan fingerprint density at radius 2 is 1.89 bits per heavy atom. The Hall–Kier alpha value is -1.93. The van der Waals surface area contributed by atoms with Crippen LogP contribution < -0.4 is 14.8 Å². The molecule has 6 heteroatoms. The lowest BCUT2D eigenvalue weighted by atomic mass is 9.94. The summed E-state index contributed by atoms with van der Waals surface area (Å²) in [5.41, 5.74) is -0.741. The van der Waals surface area contributed by atoms with Crippen molar-refractivity contribution >= 4 is 23.2 Å². The molecule has 1 amide bonds. The van der Waals surface area contributed by atoms with Gasteiger partial charge >= 0.3 is 0 Å². The summed E-state index contributed by atoms with van der Waals surface area (Å²) in [7, 11) is 2.93. The Bertz CT molecular complexity index is 535. The van der Waals surface area contributed by atoms with Gasteiger partial charge in [0.05, 0.1) is 31.0 Å². The van der Waals surface area contributed by atoms with Crippen LogP contribution in [0.25, 0.3) is 0 Å². The van der Waals surface area contributed by atoms with Gasteiger partial charge in [-0.3, -0.25) is 4.79 Å². The number of methoxy groups -OCH3 is 2. The number of nitriles is 1. The van der Waals surface area contributed by atoms with Crippen LogP contribution in [0.15, 0.2) is 12.1 Å². The van der Waals surface area contributed by atoms with Gasteiger partial charge in [-0.15, -0.1) is 0 Å². The fraction of sp³-hybridized carbons (Fsp3) is 0.385. The van der Waals surface area contributed by atoms with Crippen molar-refractivity contribution < 1.29 is 14.3 Å². The van der Waals surface area contributed by atoms with E-state index in [4.69, 9.17) is 26.3 Å². The van der Waals surface area contributed by atoms with Crippen molar-refractivity contribution in [2.24, 2.45) is 5.41 Å². The SMILES string of the molecule is COc1cc(NC(=O)C(C)(C)C#N)c(OC)cc1Cl. The van der Waals surface area contributed by atoms with E-state index >= 15 is 0 Å².